The van der Waals surface area contributed by atoms with E-state index in [0.29, 0.717) is 17.7 Å². The van der Waals surface area contributed by atoms with E-state index in [1.165, 1.54) is 5.56 Å². The maximum atomic E-state index is 12.5. The second kappa shape index (κ2) is 6.71. The van der Waals surface area contributed by atoms with Gasteiger partial charge in [0.1, 0.15) is 5.75 Å². The molecule has 0 aliphatic rings. The van der Waals surface area contributed by atoms with Gasteiger partial charge in [-0.1, -0.05) is 31.2 Å². The van der Waals surface area contributed by atoms with Crippen molar-refractivity contribution in [3.05, 3.63) is 63.6 Å². The second-order valence-electron chi connectivity index (χ2n) is 4.45. The van der Waals surface area contributed by atoms with Gasteiger partial charge in [0.2, 0.25) is 0 Å². The lowest BCUT2D eigenvalue weighted by Crippen LogP contribution is -2.03. The Morgan fingerprint density at radius 3 is 2.35 bits per heavy atom. The van der Waals surface area contributed by atoms with Gasteiger partial charge < -0.3 is 4.74 Å². The van der Waals surface area contributed by atoms with Crippen LogP contribution in [0.5, 0.6) is 5.75 Å². The van der Waals surface area contributed by atoms with Crippen molar-refractivity contribution in [2.75, 3.05) is 6.61 Å². The van der Waals surface area contributed by atoms with Crippen molar-refractivity contribution in [2.24, 2.45) is 0 Å². The van der Waals surface area contributed by atoms with Crippen molar-refractivity contribution in [1.82, 2.24) is 0 Å². The quantitative estimate of drug-likeness (QED) is 0.745. The normalized spacial score (nSPS) is 10.3. The van der Waals surface area contributed by atoms with Crippen molar-refractivity contribution in [1.29, 1.82) is 0 Å². The van der Waals surface area contributed by atoms with E-state index in [0.717, 1.165) is 16.6 Å². The van der Waals surface area contributed by atoms with Crippen molar-refractivity contribution < 1.29 is 9.53 Å². The van der Waals surface area contributed by atoms with Crippen molar-refractivity contribution in [2.45, 2.75) is 20.3 Å². The topological polar surface area (TPSA) is 26.3 Å². The molecule has 2 aromatic rings. The molecule has 0 fully saturated rings. The summed E-state index contributed by atoms with van der Waals surface area (Å²) in [5, 5.41) is 0. The summed E-state index contributed by atoms with van der Waals surface area (Å²) in [5.74, 6) is 0.778. The van der Waals surface area contributed by atoms with Gasteiger partial charge in [0, 0.05) is 15.6 Å². The van der Waals surface area contributed by atoms with Crippen LogP contribution in [0.1, 0.15) is 35.3 Å². The SMILES string of the molecule is CCOc1ccc(C(=O)c2ccc(CC)cc2)c(Br)c1. The highest BCUT2D eigenvalue weighted by Crippen LogP contribution is 2.25. The van der Waals surface area contributed by atoms with Crippen LogP contribution in [-0.2, 0) is 6.42 Å². The Labute approximate surface area is 127 Å². The average molecular weight is 333 g/mol. The van der Waals surface area contributed by atoms with E-state index in [9.17, 15) is 4.79 Å². The average Bonchev–Trinajstić information content (AvgIpc) is 2.47. The number of hydrogen-bond donors (Lipinski definition) is 0. The Morgan fingerprint density at radius 2 is 1.80 bits per heavy atom. The summed E-state index contributed by atoms with van der Waals surface area (Å²) in [5.41, 5.74) is 2.58. The van der Waals surface area contributed by atoms with Crippen LogP contribution in [0.3, 0.4) is 0 Å². The van der Waals surface area contributed by atoms with E-state index in [1.807, 2.05) is 43.3 Å². The minimum atomic E-state index is 0.0163. The first-order chi connectivity index (χ1) is 9.65. The molecule has 0 aliphatic carbocycles. The van der Waals surface area contributed by atoms with Gasteiger partial charge in [-0.2, -0.15) is 0 Å². The maximum absolute atomic E-state index is 12.5. The fourth-order valence-electron chi connectivity index (χ4n) is 1.98. The van der Waals surface area contributed by atoms with Crippen molar-refractivity contribution in [3.63, 3.8) is 0 Å². The number of hydrogen-bond acceptors (Lipinski definition) is 2. The molecule has 0 amide bonds. The van der Waals surface area contributed by atoms with Crippen LogP contribution in [0.2, 0.25) is 0 Å². The van der Waals surface area contributed by atoms with Gasteiger partial charge in [0.15, 0.2) is 5.78 Å². The van der Waals surface area contributed by atoms with Gasteiger partial charge in [-0.05, 0) is 53.0 Å². The monoisotopic (exact) mass is 332 g/mol. The number of halogens is 1. The van der Waals surface area contributed by atoms with Crippen molar-refractivity contribution in [3.8, 4) is 5.75 Å². The Kier molecular flexibility index (Phi) is 4.96. The van der Waals surface area contributed by atoms with Gasteiger partial charge in [-0.15, -0.1) is 0 Å². The standard InChI is InChI=1S/C17H17BrO2/c1-3-12-5-7-13(8-6-12)17(19)15-10-9-14(20-4-2)11-16(15)18/h5-11H,3-4H2,1-2H3. The molecule has 0 N–H and O–H groups in total. The molecule has 2 aromatic carbocycles. The van der Waals surface area contributed by atoms with Gasteiger partial charge in [-0.3, -0.25) is 4.79 Å². The van der Waals surface area contributed by atoms with Crippen LogP contribution in [0.15, 0.2) is 46.9 Å². The molecule has 0 saturated heterocycles. The molecular formula is C17H17BrO2. The highest BCUT2D eigenvalue weighted by Gasteiger charge is 2.13. The minimum Gasteiger partial charge on any atom is -0.494 e. The Balaban J connectivity index is 2.28. The predicted molar refractivity (Wildman–Crippen MR) is 84.6 cm³/mol. The lowest BCUT2D eigenvalue weighted by Gasteiger charge is -2.08. The molecule has 2 nitrogen and oxygen atoms in total. The van der Waals surface area contributed by atoms with Gasteiger partial charge in [0.25, 0.3) is 0 Å². The minimum absolute atomic E-state index is 0.0163. The molecule has 0 unspecified atom stereocenters. The fourth-order valence-corrected chi connectivity index (χ4v) is 2.52. The highest BCUT2D eigenvalue weighted by molar-refractivity contribution is 9.10. The summed E-state index contributed by atoms with van der Waals surface area (Å²) < 4.78 is 6.17. The van der Waals surface area contributed by atoms with E-state index in [2.05, 4.69) is 22.9 Å². The van der Waals surface area contributed by atoms with Crippen molar-refractivity contribution >= 4 is 21.7 Å². The van der Waals surface area contributed by atoms with E-state index in [4.69, 9.17) is 4.74 Å². The van der Waals surface area contributed by atoms with Crippen LogP contribution in [-0.4, -0.2) is 12.4 Å². The largest absolute Gasteiger partial charge is 0.494 e. The Morgan fingerprint density at radius 1 is 1.10 bits per heavy atom. The van der Waals surface area contributed by atoms with Crippen LogP contribution < -0.4 is 4.74 Å². The smallest absolute Gasteiger partial charge is 0.194 e. The zero-order chi connectivity index (χ0) is 14.5. The summed E-state index contributed by atoms with van der Waals surface area (Å²) in [6.45, 7) is 4.64. The molecule has 0 atom stereocenters. The predicted octanol–water partition coefficient (Wildman–Crippen LogP) is 4.64. The molecule has 0 aliphatic heterocycles. The summed E-state index contributed by atoms with van der Waals surface area (Å²) in [6.07, 6.45) is 0.973. The molecule has 0 saturated carbocycles. The molecule has 0 spiro atoms. The zero-order valence-electron chi connectivity index (χ0n) is 11.7. The highest BCUT2D eigenvalue weighted by atomic mass is 79.9. The number of ketones is 1. The lowest BCUT2D eigenvalue weighted by molar-refractivity contribution is 0.103. The van der Waals surface area contributed by atoms with E-state index in [-0.39, 0.29) is 5.78 Å². The third-order valence-corrected chi connectivity index (χ3v) is 3.78. The number of carbonyl (C=O) groups excluding carboxylic acids is 1. The molecule has 2 rings (SSSR count). The summed E-state index contributed by atoms with van der Waals surface area (Å²) in [4.78, 5) is 12.5. The van der Waals surface area contributed by atoms with Crippen LogP contribution >= 0.6 is 15.9 Å². The zero-order valence-corrected chi connectivity index (χ0v) is 13.2. The molecule has 20 heavy (non-hydrogen) atoms. The summed E-state index contributed by atoms with van der Waals surface area (Å²) in [6, 6.07) is 13.2. The van der Waals surface area contributed by atoms with Crippen LogP contribution in [0.25, 0.3) is 0 Å². The van der Waals surface area contributed by atoms with Gasteiger partial charge in [0.05, 0.1) is 6.61 Å². The molecule has 3 heteroatoms. The number of rotatable bonds is 5. The number of ether oxygens (including phenoxy) is 1. The van der Waals surface area contributed by atoms with Crippen LogP contribution in [0, 0.1) is 0 Å². The van der Waals surface area contributed by atoms with Gasteiger partial charge in [-0.25, -0.2) is 0 Å². The third kappa shape index (κ3) is 3.28. The Hall–Kier alpha value is -1.61. The number of benzene rings is 2. The Bertz CT molecular complexity index is 603. The molecule has 0 aromatic heterocycles. The maximum Gasteiger partial charge on any atom is 0.194 e. The molecular weight excluding hydrogens is 316 g/mol. The fraction of sp³-hybridized carbons (Fsp3) is 0.235. The molecule has 0 bridgehead atoms. The molecule has 104 valence electrons. The molecule has 0 heterocycles. The van der Waals surface area contributed by atoms with E-state index < -0.39 is 0 Å². The molecule has 0 radical (unpaired) electrons. The first kappa shape index (κ1) is 14.8. The number of aryl methyl sites for hydroxylation is 1. The first-order valence-electron chi connectivity index (χ1n) is 6.71. The third-order valence-electron chi connectivity index (χ3n) is 3.12. The van der Waals surface area contributed by atoms with Gasteiger partial charge >= 0.3 is 0 Å². The lowest BCUT2D eigenvalue weighted by atomic mass is 10.0. The summed E-state index contributed by atoms with van der Waals surface area (Å²) >= 11 is 3.44. The number of carbonyl (C=O) groups is 1. The first-order valence-corrected chi connectivity index (χ1v) is 7.51. The second-order valence-corrected chi connectivity index (χ2v) is 5.31. The summed E-state index contributed by atoms with van der Waals surface area (Å²) in [7, 11) is 0. The van der Waals surface area contributed by atoms with E-state index >= 15 is 0 Å². The van der Waals surface area contributed by atoms with E-state index in [1.54, 1.807) is 6.07 Å². The van der Waals surface area contributed by atoms with Crippen LogP contribution in [0.4, 0.5) is 0 Å².